The molecule has 10 nitrogen and oxygen atoms in total. The number of alkyl carbamates (subject to hydrolysis) is 1. The Morgan fingerprint density at radius 1 is 0.955 bits per heavy atom. The van der Waals surface area contributed by atoms with Crippen LogP contribution in [0.25, 0.3) is 0 Å². The lowest BCUT2D eigenvalue weighted by atomic mass is 10.00. The Hall–Kier alpha value is -5.06. The third kappa shape index (κ3) is 8.27. The largest absolute Gasteiger partial charge is 0.464 e. The highest BCUT2D eigenvalue weighted by Gasteiger charge is 2.35. The fraction of sp³-hybridized carbons (Fsp3) is 0.303. The van der Waals surface area contributed by atoms with Crippen molar-refractivity contribution in [3.8, 4) is 0 Å². The van der Waals surface area contributed by atoms with Gasteiger partial charge in [-0.05, 0) is 44.5 Å². The number of ether oxygens (including phenoxy) is 2. The van der Waals surface area contributed by atoms with Gasteiger partial charge in [-0.1, -0.05) is 60.7 Å². The molecular formula is C33H35FN4O6. The summed E-state index contributed by atoms with van der Waals surface area (Å²) in [6.07, 6.45) is -2.24. The lowest BCUT2D eigenvalue weighted by Crippen LogP contribution is -2.55. The molecule has 0 spiro atoms. The van der Waals surface area contributed by atoms with Crippen molar-refractivity contribution in [3.63, 3.8) is 0 Å². The third-order valence-corrected chi connectivity index (χ3v) is 6.53. The molecule has 1 aliphatic heterocycles. The van der Waals surface area contributed by atoms with Crippen LogP contribution in [0.2, 0.25) is 0 Å². The molecule has 0 fully saturated rings. The Morgan fingerprint density at radius 2 is 1.59 bits per heavy atom. The lowest BCUT2D eigenvalue weighted by molar-refractivity contribution is -0.141. The highest BCUT2D eigenvalue weighted by Crippen LogP contribution is 2.29. The minimum Gasteiger partial charge on any atom is -0.464 e. The van der Waals surface area contributed by atoms with Crippen LogP contribution in [-0.2, 0) is 30.3 Å². The molecule has 2 N–H and O–H groups in total. The third-order valence-electron chi connectivity index (χ3n) is 6.53. The normalized spacial score (nSPS) is 15.3. The number of fused-ring (bicyclic) bond motifs is 1. The maximum Gasteiger partial charge on any atom is 0.408 e. The number of amides is 3. The molecule has 3 aromatic carbocycles. The number of carbonyl (C=O) groups is 4. The smallest absolute Gasteiger partial charge is 0.408 e. The van der Waals surface area contributed by atoms with Crippen molar-refractivity contribution >= 4 is 35.3 Å². The maximum absolute atomic E-state index is 15.1. The fourth-order valence-electron chi connectivity index (χ4n) is 4.65. The van der Waals surface area contributed by atoms with Crippen molar-refractivity contribution in [2.75, 3.05) is 18.1 Å². The summed E-state index contributed by atoms with van der Waals surface area (Å²) in [5.41, 5.74) is 1.05. The van der Waals surface area contributed by atoms with Gasteiger partial charge in [0.15, 0.2) is 0 Å². The predicted molar refractivity (Wildman–Crippen MR) is 163 cm³/mol. The molecular weight excluding hydrogens is 567 g/mol. The molecule has 3 aromatic rings. The van der Waals surface area contributed by atoms with Crippen LogP contribution in [0.15, 0.2) is 83.9 Å². The summed E-state index contributed by atoms with van der Waals surface area (Å²) >= 11 is 0. The second-order valence-electron chi connectivity index (χ2n) is 11.1. The van der Waals surface area contributed by atoms with Gasteiger partial charge in [0.1, 0.15) is 24.1 Å². The first-order chi connectivity index (χ1) is 20.9. The van der Waals surface area contributed by atoms with E-state index < -0.39 is 47.5 Å². The molecule has 230 valence electrons. The maximum atomic E-state index is 15.1. The van der Waals surface area contributed by atoms with E-state index in [9.17, 15) is 19.2 Å². The Balaban J connectivity index is 1.73. The average Bonchev–Trinajstić information content (AvgIpc) is 3.07. The molecule has 1 aliphatic rings. The van der Waals surface area contributed by atoms with Crippen LogP contribution in [0.3, 0.4) is 0 Å². The number of aliphatic imine (C=N–C) groups is 1. The quantitative estimate of drug-likeness (QED) is 0.355. The topological polar surface area (TPSA) is 126 Å². The fourth-order valence-corrected chi connectivity index (χ4v) is 4.65. The summed E-state index contributed by atoms with van der Waals surface area (Å²) in [5.74, 6) is -2.44. The number of rotatable bonds is 9. The van der Waals surface area contributed by atoms with Crippen molar-refractivity contribution in [3.05, 3.63) is 101 Å². The zero-order valence-corrected chi connectivity index (χ0v) is 25.0. The van der Waals surface area contributed by atoms with E-state index in [2.05, 4.69) is 15.6 Å². The van der Waals surface area contributed by atoms with E-state index in [4.69, 9.17) is 9.47 Å². The molecule has 0 saturated heterocycles. The number of esters is 1. The molecule has 44 heavy (non-hydrogen) atoms. The number of anilines is 1. The number of benzodiazepines with no additional fused rings is 1. The highest BCUT2D eigenvalue weighted by molar-refractivity contribution is 6.20. The van der Waals surface area contributed by atoms with Gasteiger partial charge in [0.05, 0.1) is 17.9 Å². The van der Waals surface area contributed by atoms with Crippen LogP contribution in [0.4, 0.5) is 14.9 Å². The minimum absolute atomic E-state index is 0.0501. The Morgan fingerprint density at radius 3 is 2.25 bits per heavy atom. The standard InChI is InChI=1S/C33H35FN4O6/c1-21(39)43-19-18-38-27-17-11-9-15-24(27)28(23-14-8-10-16-25(23)34)36-29(31(38)41)37-30(40)26(20-22-12-6-5-7-13-22)35-32(42)44-33(2,3)4/h5-17,26,29H,18-20H2,1-4H3,(H,35,42)(H,37,40)/t26-,29-/m0/s1. The first-order valence-electron chi connectivity index (χ1n) is 14.1. The van der Waals surface area contributed by atoms with E-state index in [0.717, 1.165) is 5.56 Å². The number of benzene rings is 3. The van der Waals surface area contributed by atoms with Gasteiger partial charge < -0.3 is 25.0 Å². The van der Waals surface area contributed by atoms with Crippen molar-refractivity contribution in [1.82, 2.24) is 10.6 Å². The van der Waals surface area contributed by atoms with Crippen molar-refractivity contribution in [2.24, 2.45) is 4.99 Å². The van der Waals surface area contributed by atoms with Crippen molar-refractivity contribution in [1.29, 1.82) is 0 Å². The van der Waals surface area contributed by atoms with Crippen LogP contribution >= 0.6 is 0 Å². The molecule has 0 aromatic heterocycles. The van der Waals surface area contributed by atoms with Gasteiger partial charge in [0.2, 0.25) is 12.1 Å². The molecule has 0 aliphatic carbocycles. The van der Waals surface area contributed by atoms with E-state index in [0.29, 0.717) is 11.3 Å². The summed E-state index contributed by atoms with van der Waals surface area (Å²) in [7, 11) is 0. The van der Waals surface area contributed by atoms with Crippen molar-refractivity contribution in [2.45, 2.75) is 51.9 Å². The summed E-state index contributed by atoms with van der Waals surface area (Å²) in [5, 5.41) is 5.27. The summed E-state index contributed by atoms with van der Waals surface area (Å²) in [6.45, 7) is 6.18. The molecule has 4 rings (SSSR count). The molecule has 3 amide bonds. The molecule has 2 atom stereocenters. The number of halogens is 1. The van der Waals surface area contributed by atoms with Crippen LogP contribution in [0, 0.1) is 5.82 Å². The van der Waals surface area contributed by atoms with E-state index in [1.54, 1.807) is 75.4 Å². The summed E-state index contributed by atoms with van der Waals surface area (Å²) in [6, 6.07) is 20.7. The molecule has 0 bridgehead atoms. The Kier molecular flexibility index (Phi) is 10.1. The number of hydrogen-bond acceptors (Lipinski definition) is 7. The first kappa shape index (κ1) is 31.9. The highest BCUT2D eigenvalue weighted by atomic mass is 19.1. The number of nitrogens with one attached hydrogen (secondary N) is 2. The van der Waals surface area contributed by atoms with Crippen LogP contribution < -0.4 is 15.5 Å². The van der Waals surface area contributed by atoms with Crippen molar-refractivity contribution < 1.29 is 33.0 Å². The van der Waals surface area contributed by atoms with Gasteiger partial charge in [-0.3, -0.25) is 14.4 Å². The zero-order chi connectivity index (χ0) is 31.9. The number of nitrogens with zero attached hydrogens (tertiary/aromatic N) is 2. The van der Waals surface area contributed by atoms with Gasteiger partial charge >= 0.3 is 12.1 Å². The predicted octanol–water partition coefficient (Wildman–Crippen LogP) is 4.15. The van der Waals surface area contributed by atoms with Gasteiger partial charge in [-0.25, -0.2) is 14.2 Å². The van der Waals surface area contributed by atoms with Gasteiger partial charge in [-0.15, -0.1) is 0 Å². The zero-order valence-electron chi connectivity index (χ0n) is 25.0. The molecule has 0 radical (unpaired) electrons. The SMILES string of the molecule is CC(=O)OCCN1C(=O)[C@H](NC(=O)[C@H](Cc2ccccc2)NC(=O)OC(C)(C)C)N=C(c2ccccc2F)c2ccccc21. The van der Waals surface area contributed by atoms with Gasteiger partial charge in [-0.2, -0.15) is 0 Å². The van der Waals surface area contributed by atoms with E-state index in [1.165, 1.54) is 30.0 Å². The first-order valence-corrected chi connectivity index (χ1v) is 14.1. The lowest BCUT2D eigenvalue weighted by Gasteiger charge is -2.27. The second-order valence-corrected chi connectivity index (χ2v) is 11.1. The molecule has 1 heterocycles. The summed E-state index contributed by atoms with van der Waals surface area (Å²) < 4.78 is 25.6. The average molecular weight is 603 g/mol. The summed E-state index contributed by atoms with van der Waals surface area (Å²) in [4.78, 5) is 58.0. The number of para-hydroxylation sites is 1. The Labute approximate surface area is 255 Å². The number of carbonyl (C=O) groups excluding carboxylic acids is 4. The second kappa shape index (κ2) is 13.9. The monoisotopic (exact) mass is 602 g/mol. The van der Waals surface area contributed by atoms with Crippen LogP contribution in [0.1, 0.15) is 44.4 Å². The minimum atomic E-state index is -1.51. The van der Waals surface area contributed by atoms with Crippen LogP contribution in [0.5, 0.6) is 0 Å². The molecule has 0 unspecified atom stereocenters. The van der Waals surface area contributed by atoms with E-state index in [1.807, 2.05) is 6.07 Å². The van der Waals surface area contributed by atoms with E-state index >= 15 is 4.39 Å². The van der Waals surface area contributed by atoms with E-state index in [-0.39, 0.29) is 30.8 Å². The van der Waals surface area contributed by atoms with Crippen LogP contribution in [-0.4, -0.2) is 60.5 Å². The number of hydrogen-bond donors (Lipinski definition) is 2. The van der Waals surface area contributed by atoms with Gasteiger partial charge in [0.25, 0.3) is 5.91 Å². The molecule has 11 heteroatoms. The van der Waals surface area contributed by atoms with Gasteiger partial charge in [0, 0.05) is 24.5 Å². The molecule has 0 saturated carbocycles. The Bertz CT molecular complexity index is 1550.